The molecule has 2 aromatic carbocycles. The van der Waals surface area contributed by atoms with Crippen LogP contribution in [0.1, 0.15) is 41.6 Å². The van der Waals surface area contributed by atoms with Gasteiger partial charge in [0.2, 0.25) is 0 Å². The minimum Gasteiger partial charge on any atom is -0.504 e. The van der Waals surface area contributed by atoms with Crippen molar-refractivity contribution in [1.82, 2.24) is 5.32 Å². The zero-order valence-corrected chi connectivity index (χ0v) is 14.5. The number of amides is 1. The van der Waals surface area contributed by atoms with Gasteiger partial charge in [0.1, 0.15) is 6.61 Å². The molecule has 2 aromatic rings. The SMILES string of the molecule is O=C(CCCCCNC(=O)c1cccc(O)c1O)OCc1ccccc1. The molecule has 0 aromatic heterocycles. The van der Waals surface area contributed by atoms with Gasteiger partial charge in [-0.1, -0.05) is 42.8 Å². The van der Waals surface area contributed by atoms with Crippen LogP contribution in [0.4, 0.5) is 0 Å². The van der Waals surface area contributed by atoms with Crippen LogP contribution in [0.3, 0.4) is 0 Å². The highest BCUT2D eigenvalue weighted by molar-refractivity contribution is 5.97. The first-order valence-electron chi connectivity index (χ1n) is 8.56. The predicted molar refractivity (Wildman–Crippen MR) is 96.8 cm³/mol. The van der Waals surface area contributed by atoms with Crippen molar-refractivity contribution in [2.75, 3.05) is 6.54 Å². The molecule has 0 unspecified atom stereocenters. The van der Waals surface area contributed by atoms with Crippen molar-refractivity contribution in [2.45, 2.75) is 32.3 Å². The molecule has 0 bridgehead atoms. The molecule has 26 heavy (non-hydrogen) atoms. The maximum Gasteiger partial charge on any atom is 0.306 e. The number of benzene rings is 2. The summed E-state index contributed by atoms with van der Waals surface area (Å²) in [4.78, 5) is 23.6. The van der Waals surface area contributed by atoms with Gasteiger partial charge in [0.15, 0.2) is 11.5 Å². The Balaban J connectivity index is 1.57. The number of nitrogens with one attached hydrogen (secondary N) is 1. The van der Waals surface area contributed by atoms with Gasteiger partial charge in [-0.05, 0) is 30.5 Å². The highest BCUT2D eigenvalue weighted by atomic mass is 16.5. The normalized spacial score (nSPS) is 10.3. The quantitative estimate of drug-likeness (QED) is 0.364. The molecule has 0 fully saturated rings. The topological polar surface area (TPSA) is 95.9 Å². The number of carbonyl (C=O) groups is 2. The van der Waals surface area contributed by atoms with Crippen molar-refractivity contribution < 1.29 is 24.5 Å². The molecule has 2 rings (SSSR count). The van der Waals surface area contributed by atoms with Gasteiger partial charge in [0.25, 0.3) is 5.91 Å². The van der Waals surface area contributed by atoms with Crippen LogP contribution < -0.4 is 5.32 Å². The minimum atomic E-state index is -0.444. The van der Waals surface area contributed by atoms with Gasteiger partial charge in [0, 0.05) is 13.0 Å². The fourth-order valence-corrected chi connectivity index (χ4v) is 2.39. The lowest BCUT2D eigenvalue weighted by Crippen LogP contribution is -2.24. The average molecular weight is 357 g/mol. The first kappa shape index (κ1) is 19.3. The van der Waals surface area contributed by atoms with E-state index in [4.69, 9.17) is 4.74 Å². The Morgan fingerprint density at radius 1 is 0.923 bits per heavy atom. The highest BCUT2D eigenvalue weighted by Crippen LogP contribution is 2.27. The molecule has 0 saturated carbocycles. The van der Waals surface area contributed by atoms with Crippen molar-refractivity contribution in [3.8, 4) is 11.5 Å². The number of para-hydroxylation sites is 1. The van der Waals surface area contributed by atoms with E-state index in [1.807, 2.05) is 30.3 Å². The van der Waals surface area contributed by atoms with E-state index in [1.165, 1.54) is 18.2 Å². The number of esters is 1. The van der Waals surface area contributed by atoms with Crippen LogP contribution in [0.15, 0.2) is 48.5 Å². The molecule has 3 N–H and O–H groups in total. The zero-order chi connectivity index (χ0) is 18.8. The Morgan fingerprint density at radius 2 is 1.69 bits per heavy atom. The van der Waals surface area contributed by atoms with Gasteiger partial charge >= 0.3 is 5.97 Å². The average Bonchev–Trinajstić information content (AvgIpc) is 2.65. The summed E-state index contributed by atoms with van der Waals surface area (Å²) in [6, 6.07) is 13.7. The summed E-state index contributed by atoms with van der Waals surface area (Å²) < 4.78 is 5.19. The first-order valence-corrected chi connectivity index (χ1v) is 8.56. The summed E-state index contributed by atoms with van der Waals surface area (Å²) in [5, 5.41) is 21.7. The van der Waals surface area contributed by atoms with Gasteiger partial charge in [-0.3, -0.25) is 9.59 Å². The largest absolute Gasteiger partial charge is 0.504 e. The molecule has 0 spiro atoms. The summed E-state index contributed by atoms with van der Waals surface area (Å²) in [6.45, 7) is 0.705. The molecule has 0 atom stereocenters. The molecule has 6 heteroatoms. The Hall–Kier alpha value is -3.02. The second-order valence-corrected chi connectivity index (χ2v) is 5.89. The maximum absolute atomic E-state index is 11.9. The summed E-state index contributed by atoms with van der Waals surface area (Å²) >= 11 is 0. The molecule has 0 saturated heterocycles. The van der Waals surface area contributed by atoms with Crippen molar-refractivity contribution in [3.63, 3.8) is 0 Å². The molecule has 6 nitrogen and oxygen atoms in total. The number of aromatic hydroxyl groups is 2. The molecule has 1 amide bonds. The van der Waals surface area contributed by atoms with Gasteiger partial charge in [-0.2, -0.15) is 0 Å². The lowest BCUT2D eigenvalue weighted by molar-refractivity contribution is -0.145. The number of ether oxygens (including phenoxy) is 1. The van der Waals surface area contributed by atoms with Crippen LogP contribution in [-0.2, 0) is 16.1 Å². The first-order chi connectivity index (χ1) is 12.6. The van der Waals surface area contributed by atoms with Crippen molar-refractivity contribution >= 4 is 11.9 Å². The van der Waals surface area contributed by atoms with Crippen LogP contribution in [-0.4, -0.2) is 28.6 Å². The number of phenolic OH excluding ortho intramolecular Hbond substituents is 2. The second-order valence-electron chi connectivity index (χ2n) is 5.89. The molecule has 0 aliphatic carbocycles. The molecule has 0 heterocycles. The zero-order valence-electron chi connectivity index (χ0n) is 14.5. The number of hydrogen-bond acceptors (Lipinski definition) is 5. The second kappa shape index (κ2) is 10.1. The van der Waals surface area contributed by atoms with Crippen LogP contribution >= 0.6 is 0 Å². The van der Waals surface area contributed by atoms with E-state index in [-0.39, 0.29) is 23.9 Å². The smallest absolute Gasteiger partial charge is 0.306 e. The number of hydrogen-bond donors (Lipinski definition) is 3. The van der Waals surface area contributed by atoms with Crippen LogP contribution in [0, 0.1) is 0 Å². The van der Waals surface area contributed by atoms with E-state index in [1.54, 1.807) is 0 Å². The van der Waals surface area contributed by atoms with Gasteiger partial charge < -0.3 is 20.3 Å². The Labute approximate surface area is 152 Å². The Bertz CT molecular complexity index is 730. The van der Waals surface area contributed by atoms with E-state index < -0.39 is 11.7 Å². The monoisotopic (exact) mass is 357 g/mol. The Morgan fingerprint density at radius 3 is 2.46 bits per heavy atom. The van der Waals surface area contributed by atoms with Crippen LogP contribution in [0.25, 0.3) is 0 Å². The third kappa shape index (κ3) is 6.12. The molecule has 0 aliphatic heterocycles. The molecule has 0 radical (unpaired) electrons. The summed E-state index contributed by atoms with van der Waals surface area (Å²) in [5.41, 5.74) is 0.994. The van der Waals surface area contributed by atoms with E-state index in [2.05, 4.69) is 5.32 Å². The van der Waals surface area contributed by atoms with E-state index in [9.17, 15) is 19.8 Å². The fourth-order valence-electron chi connectivity index (χ4n) is 2.39. The van der Waals surface area contributed by atoms with E-state index in [0.29, 0.717) is 25.8 Å². The lowest BCUT2D eigenvalue weighted by atomic mass is 10.1. The van der Waals surface area contributed by atoms with E-state index >= 15 is 0 Å². The summed E-state index contributed by atoms with van der Waals surface area (Å²) in [5.74, 6) is -1.43. The number of unbranched alkanes of at least 4 members (excludes halogenated alkanes) is 2. The van der Waals surface area contributed by atoms with Crippen molar-refractivity contribution in [3.05, 3.63) is 59.7 Å². The fraction of sp³-hybridized carbons (Fsp3) is 0.300. The summed E-state index contributed by atoms with van der Waals surface area (Å²) in [7, 11) is 0. The standard InChI is InChI=1S/C20H23NO5/c22-17-11-7-10-16(19(17)24)20(25)21-13-6-2-5-12-18(23)26-14-15-8-3-1-4-9-15/h1,3-4,7-11,22,24H,2,5-6,12-14H2,(H,21,25). The van der Waals surface area contributed by atoms with Crippen molar-refractivity contribution in [1.29, 1.82) is 0 Å². The minimum absolute atomic E-state index is 0.0366. The number of phenols is 2. The van der Waals surface area contributed by atoms with Crippen LogP contribution in [0.5, 0.6) is 11.5 Å². The van der Waals surface area contributed by atoms with Crippen LogP contribution in [0.2, 0.25) is 0 Å². The molecule has 138 valence electrons. The number of rotatable bonds is 9. The molecule has 0 aliphatic rings. The van der Waals surface area contributed by atoms with Crippen molar-refractivity contribution in [2.24, 2.45) is 0 Å². The Kier molecular flexibility index (Phi) is 7.49. The van der Waals surface area contributed by atoms with Gasteiger partial charge in [-0.15, -0.1) is 0 Å². The predicted octanol–water partition coefficient (Wildman–Crippen LogP) is 3.13. The molecular weight excluding hydrogens is 334 g/mol. The third-order valence-electron chi connectivity index (χ3n) is 3.85. The highest BCUT2D eigenvalue weighted by Gasteiger charge is 2.13. The van der Waals surface area contributed by atoms with Gasteiger partial charge in [0.05, 0.1) is 5.56 Å². The van der Waals surface area contributed by atoms with Gasteiger partial charge in [-0.25, -0.2) is 0 Å². The molecular formula is C20H23NO5. The lowest BCUT2D eigenvalue weighted by Gasteiger charge is -2.08. The third-order valence-corrected chi connectivity index (χ3v) is 3.85. The number of carbonyl (C=O) groups excluding carboxylic acids is 2. The summed E-state index contributed by atoms with van der Waals surface area (Å²) in [6.07, 6.45) is 2.50. The maximum atomic E-state index is 11.9. The van der Waals surface area contributed by atoms with E-state index in [0.717, 1.165) is 12.0 Å².